The molecular formula is C17H14N2PtY-2. The molecule has 0 bridgehead atoms. The van der Waals surface area contributed by atoms with Crippen LogP contribution in [0.1, 0.15) is 29.9 Å². The van der Waals surface area contributed by atoms with Crippen molar-refractivity contribution in [3.8, 4) is 0 Å². The number of hydrogen-bond acceptors (Lipinski definition) is 2. The van der Waals surface area contributed by atoms with Gasteiger partial charge in [0, 0.05) is 59.5 Å². The van der Waals surface area contributed by atoms with E-state index in [0.717, 1.165) is 41.9 Å². The number of pyridine rings is 2. The van der Waals surface area contributed by atoms with Crippen molar-refractivity contribution in [3.05, 3.63) is 77.9 Å². The third kappa shape index (κ3) is 5.36. The minimum atomic E-state index is 0. The van der Waals surface area contributed by atoms with Gasteiger partial charge in [0.1, 0.15) is 0 Å². The summed E-state index contributed by atoms with van der Waals surface area (Å²) in [5.74, 6) is 0. The molecule has 2 nitrogen and oxygen atoms in total. The summed E-state index contributed by atoms with van der Waals surface area (Å²) in [5.41, 5.74) is 4.11. The quantitative estimate of drug-likeness (QED) is 0.569. The van der Waals surface area contributed by atoms with E-state index < -0.39 is 0 Å². The molecule has 0 N–H and O–H groups in total. The van der Waals surface area contributed by atoms with Crippen molar-refractivity contribution in [3.63, 3.8) is 0 Å². The number of hydrogen-bond donors (Lipinski definition) is 0. The molecule has 2 aromatic heterocycles. The maximum Gasteiger partial charge on any atom is 0.0204 e. The fraction of sp³-hybridized carbons (Fsp3) is 0.176. The van der Waals surface area contributed by atoms with Gasteiger partial charge in [0.15, 0.2) is 0 Å². The smallest absolute Gasteiger partial charge is 0.0204 e. The van der Waals surface area contributed by atoms with Crippen LogP contribution in [0.25, 0.3) is 5.57 Å². The third-order valence-corrected chi connectivity index (χ3v) is 3.03. The van der Waals surface area contributed by atoms with Crippen LogP contribution in [0.4, 0.5) is 0 Å². The van der Waals surface area contributed by atoms with Crippen LogP contribution in [0.2, 0.25) is 0 Å². The van der Waals surface area contributed by atoms with Crippen molar-refractivity contribution in [2.24, 2.45) is 0 Å². The summed E-state index contributed by atoms with van der Waals surface area (Å²) < 4.78 is 0. The summed E-state index contributed by atoms with van der Waals surface area (Å²) in [7, 11) is 0. The molecule has 0 atom stereocenters. The Labute approximate surface area is 165 Å². The van der Waals surface area contributed by atoms with E-state index in [0.29, 0.717) is 0 Å². The maximum atomic E-state index is 4.69. The van der Waals surface area contributed by atoms with Crippen LogP contribution in [0.15, 0.2) is 48.6 Å². The summed E-state index contributed by atoms with van der Waals surface area (Å²) in [6.45, 7) is 0. The van der Waals surface area contributed by atoms with E-state index in [2.05, 4.69) is 34.4 Å². The SMILES string of the molecule is [C-]1=CCCC=C1c1cccc(Cc2ccc[c-]n2)n1.[Pt].[Y]. The molecule has 0 aromatic carbocycles. The van der Waals surface area contributed by atoms with Crippen LogP contribution in [-0.2, 0) is 60.2 Å². The van der Waals surface area contributed by atoms with E-state index in [1.807, 2.05) is 30.3 Å². The molecule has 1 radical (unpaired) electrons. The van der Waals surface area contributed by atoms with Gasteiger partial charge >= 0.3 is 0 Å². The molecule has 0 unspecified atom stereocenters. The van der Waals surface area contributed by atoms with E-state index in [1.54, 1.807) is 6.07 Å². The molecular weight excluding hydrogens is 516 g/mol. The molecule has 107 valence electrons. The summed E-state index contributed by atoms with van der Waals surface area (Å²) in [5, 5.41) is 0. The Morgan fingerprint density at radius 3 is 2.62 bits per heavy atom. The summed E-state index contributed by atoms with van der Waals surface area (Å²) in [6, 6.07) is 11.9. The zero-order valence-corrected chi connectivity index (χ0v) is 16.6. The van der Waals surface area contributed by atoms with Crippen LogP contribution >= 0.6 is 0 Å². The largest absolute Gasteiger partial charge is 0.391 e. The Kier molecular flexibility index (Phi) is 8.48. The normalized spacial score (nSPS) is 12.9. The molecule has 0 spiro atoms. The Hall–Kier alpha value is -0.428. The topological polar surface area (TPSA) is 25.8 Å². The second-order valence-electron chi connectivity index (χ2n) is 4.49. The van der Waals surface area contributed by atoms with Crippen LogP contribution < -0.4 is 0 Å². The summed E-state index contributed by atoms with van der Waals surface area (Å²) >= 11 is 0. The van der Waals surface area contributed by atoms with Crippen molar-refractivity contribution in [1.82, 2.24) is 9.97 Å². The molecule has 1 aliphatic rings. The molecule has 21 heavy (non-hydrogen) atoms. The predicted octanol–water partition coefficient (Wildman–Crippen LogP) is 3.40. The van der Waals surface area contributed by atoms with Gasteiger partial charge in [0.05, 0.1) is 0 Å². The van der Waals surface area contributed by atoms with Gasteiger partial charge in [-0.05, 0) is 18.2 Å². The van der Waals surface area contributed by atoms with Crippen molar-refractivity contribution >= 4 is 5.57 Å². The summed E-state index contributed by atoms with van der Waals surface area (Å²) in [6.07, 6.45) is 13.3. The Morgan fingerprint density at radius 1 is 1.05 bits per heavy atom. The van der Waals surface area contributed by atoms with E-state index in [4.69, 9.17) is 0 Å². The minimum Gasteiger partial charge on any atom is -0.391 e. The van der Waals surface area contributed by atoms with E-state index in [1.165, 1.54) is 0 Å². The monoisotopic (exact) mass is 530 g/mol. The zero-order chi connectivity index (χ0) is 12.9. The number of allylic oxidation sites excluding steroid dienone is 4. The first-order chi connectivity index (χ1) is 9.42. The maximum absolute atomic E-state index is 4.69. The van der Waals surface area contributed by atoms with Crippen LogP contribution in [0, 0.1) is 12.3 Å². The number of aromatic nitrogens is 2. The Balaban J connectivity index is 0.00000110. The fourth-order valence-electron chi connectivity index (χ4n) is 2.10. The first-order valence-corrected chi connectivity index (χ1v) is 6.48. The van der Waals surface area contributed by atoms with Gasteiger partial charge in [0.25, 0.3) is 0 Å². The Bertz CT molecular complexity index is 624. The second kappa shape index (κ2) is 9.56. The first-order valence-electron chi connectivity index (χ1n) is 6.48. The average Bonchev–Trinajstić information content (AvgIpc) is 2.49. The van der Waals surface area contributed by atoms with Crippen molar-refractivity contribution in [2.45, 2.75) is 19.3 Å². The van der Waals surface area contributed by atoms with Gasteiger partial charge in [-0.3, -0.25) is 0 Å². The molecule has 2 heterocycles. The average molecular weight is 530 g/mol. The molecule has 1 aliphatic carbocycles. The number of nitrogens with zero attached hydrogens (tertiary/aromatic N) is 2. The van der Waals surface area contributed by atoms with Crippen molar-refractivity contribution < 1.29 is 53.8 Å². The van der Waals surface area contributed by atoms with Gasteiger partial charge < -0.3 is 9.97 Å². The third-order valence-electron chi connectivity index (χ3n) is 3.03. The molecule has 0 aliphatic heterocycles. The molecule has 0 saturated carbocycles. The van der Waals surface area contributed by atoms with Crippen LogP contribution in [0.3, 0.4) is 0 Å². The molecule has 0 amide bonds. The standard InChI is InChI=1S/C17H14N2.Pt.Y/c1-2-7-14(8-3-1)17-11-6-10-16(19-17)13-15-9-4-5-12-18-15;;/h2,4-6,8-11H,1,3,13H2;;/q-2;;. The predicted molar refractivity (Wildman–Crippen MR) is 75.1 cm³/mol. The van der Waals surface area contributed by atoms with E-state index >= 15 is 0 Å². The molecule has 0 fully saturated rings. The second-order valence-corrected chi connectivity index (χ2v) is 4.49. The van der Waals surface area contributed by atoms with Crippen LogP contribution in [-0.4, -0.2) is 9.97 Å². The summed E-state index contributed by atoms with van der Waals surface area (Å²) in [4.78, 5) is 8.90. The molecule has 0 saturated heterocycles. The molecule has 2 aromatic rings. The van der Waals surface area contributed by atoms with E-state index in [9.17, 15) is 0 Å². The fourth-order valence-corrected chi connectivity index (χ4v) is 2.10. The minimum absolute atomic E-state index is 0. The van der Waals surface area contributed by atoms with Gasteiger partial charge in [0.2, 0.25) is 0 Å². The van der Waals surface area contributed by atoms with Gasteiger partial charge in [-0.1, -0.05) is 36.9 Å². The van der Waals surface area contributed by atoms with Gasteiger partial charge in [-0.25, -0.2) is 0 Å². The van der Waals surface area contributed by atoms with Crippen molar-refractivity contribution in [1.29, 1.82) is 0 Å². The first kappa shape index (κ1) is 18.6. The Morgan fingerprint density at radius 2 is 1.90 bits per heavy atom. The zero-order valence-electron chi connectivity index (χ0n) is 11.5. The molecule has 3 rings (SSSR count). The van der Waals surface area contributed by atoms with Crippen molar-refractivity contribution in [2.75, 3.05) is 0 Å². The number of rotatable bonds is 3. The van der Waals surface area contributed by atoms with Gasteiger partial charge in [-0.15, -0.1) is 6.08 Å². The molecule has 4 heteroatoms. The van der Waals surface area contributed by atoms with E-state index in [-0.39, 0.29) is 53.8 Å². The van der Waals surface area contributed by atoms with Crippen LogP contribution in [0.5, 0.6) is 0 Å². The van der Waals surface area contributed by atoms with Gasteiger partial charge in [-0.2, -0.15) is 35.9 Å².